The van der Waals surface area contributed by atoms with Crippen molar-refractivity contribution in [2.24, 2.45) is 0 Å². The van der Waals surface area contributed by atoms with E-state index >= 15 is 0 Å². The Morgan fingerprint density at radius 1 is 1.60 bits per heavy atom. The molecule has 0 spiro atoms. The molecule has 0 radical (unpaired) electrons. The lowest BCUT2D eigenvalue weighted by molar-refractivity contribution is -0.118. The molecule has 1 aromatic rings. The van der Waals surface area contributed by atoms with Crippen LogP contribution in [0.25, 0.3) is 6.08 Å². The molecule has 15 heavy (non-hydrogen) atoms. The van der Waals surface area contributed by atoms with E-state index in [2.05, 4.69) is 5.32 Å². The van der Waals surface area contributed by atoms with Crippen molar-refractivity contribution in [3.05, 3.63) is 35.7 Å². The zero-order valence-corrected chi connectivity index (χ0v) is 8.33. The van der Waals surface area contributed by atoms with Crippen molar-refractivity contribution >= 4 is 12.0 Å². The fraction of sp³-hybridized carbons (Fsp3) is 0.182. The van der Waals surface area contributed by atoms with Crippen molar-refractivity contribution in [1.82, 2.24) is 5.32 Å². The van der Waals surface area contributed by atoms with Gasteiger partial charge < -0.3 is 10.4 Å². The van der Waals surface area contributed by atoms with Gasteiger partial charge in [-0.3, -0.25) is 4.79 Å². The van der Waals surface area contributed by atoms with Crippen LogP contribution in [0.3, 0.4) is 0 Å². The van der Waals surface area contributed by atoms with Crippen LogP contribution >= 0.6 is 0 Å². The van der Waals surface area contributed by atoms with Crippen LogP contribution in [-0.2, 0) is 4.79 Å². The molecule has 3 nitrogen and oxygen atoms in total. The van der Waals surface area contributed by atoms with Gasteiger partial charge in [-0.1, -0.05) is 18.2 Å². The number of phenolic OH excluding ortho intramolecular Hbond substituents is 1. The van der Waals surface area contributed by atoms with Crippen LogP contribution in [0.15, 0.2) is 24.3 Å². The van der Waals surface area contributed by atoms with Gasteiger partial charge in [-0.25, -0.2) is 4.39 Å². The number of aromatic hydroxyl groups is 1. The second kappa shape index (κ2) is 5.14. The normalized spacial score (nSPS) is 10.5. The van der Waals surface area contributed by atoms with Crippen molar-refractivity contribution in [2.45, 2.75) is 6.92 Å². The van der Waals surface area contributed by atoms with Crippen LogP contribution in [-0.4, -0.2) is 17.6 Å². The van der Waals surface area contributed by atoms with Crippen LogP contribution < -0.4 is 5.32 Å². The summed E-state index contributed by atoms with van der Waals surface area (Å²) >= 11 is 0. The third-order valence-corrected chi connectivity index (χ3v) is 1.75. The summed E-state index contributed by atoms with van der Waals surface area (Å²) in [4.78, 5) is 10.5. The number of rotatable bonds is 3. The Labute approximate surface area is 87.2 Å². The molecule has 0 bridgehead atoms. The molecule has 0 atom stereocenters. The maximum absolute atomic E-state index is 12.7. The van der Waals surface area contributed by atoms with Crippen molar-refractivity contribution in [1.29, 1.82) is 0 Å². The zero-order valence-electron chi connectivity index (χ0n) is 8.33. The summed E-state index contributed by atoms with van der Waals surface area (Å²) in [6.45, 7) is 1.84. The number of carbonyl (C=O) groups excluding carboxylic acids is 1. The van der Waals surface area contributed by atoms with Crippen molar-refractivity contribution < 1.29 is 14.3 Å². The smallest absolute Gasteiger partial charge is 0.217 e. The number of carbonyl (C=O) groups is 1. The van der Waals surface area contributed by atoms with Crippen molar-refractivity contribution in [3.8, 4) is 5.75 Å². The maximum atomic E-state index is 12.7. The highest BCUT2D eigenvalue weighted by Gasteiger charge is 1.98. The summed E-state index contributed by atoms with van der Waals surface area (Å²) in [5.74, 6) is -1.13. The minimum atomic E-state index is -0.644. The summed E-state index contributed by atoms with van der Waals surface area (Å²) in [6, 6.07) is 4.05. The average Bonchev–Trinajstić information content (AvgIpc) is 2.18. The van der Waals surface area contributed by atoms with E-state index in [1.54, 1.807) is 18.2 Å². The highest BCUT2D eigenvalue weighted by atomic mass is 19.1. The lowest BCUT2D eigenvalue weighted by Gasteiger charge is -1.97. The highest BCUT2D eigenvalue weighted by Crippen LogP contribution is 2.17. The Bertz CT molecular complexity index is 388. The summed E-state index contributed by atoms with van der Waals surface area (Å²) < 4.78 is 12.7. The first-order valence-corrected chi connectivity index (χ1v) is 4.49. The molecule has 0 aliphatic carbocycles. The van der Waals surface area contributed by atoms with E-state index < -0.39 is 5.82 Å². The maximum Gasteiger partial charge on any atom is 0.217 e. The molecular weight excluding hydrogens is 197 g/mol. The molecule has 0 aliphatic rings. The first-order valence-electron chi connectivity index (χ1n) is 4.49. The molecule has 0 unspecified atom stereocenters. The van der Waals surface area contributed by atoms with Gasteiger partial charge in [-0.05, 0) is 17.7 Å². The first kappa shape index (κ1) is 11.2. The van der Waals surface area contributed by atoms with E-state index in [0.717, 1.165) is 0 Å². The second-order valence-corrected chi connectivity index (χ2v) is 3.05. The highest BCUT2D eigenvalue weighted by molar-refractivity contribution is 5.73. The molecule has 0 saturated heterocycles. The van der Waals surface area contributed by atoms with Gasteiger partial charge in [-0.15, -0.1) is 0 Å². The van der Waals surface area contributed by atoms with Crippen molar-refractivity contribution in [3.63, 3.8) is 0 Å². The van der Waals surface area contributed by atoms with Gasteiger partial charge in [-0.2, -0.15) is 0 Å². The number of benzene rings is 1. The molecule has 0 saturated carbocycles. The van der Waals surface area contributed by atoms with Gasteiger partial charge in [0.1, 0.15) is 0 Å². The number of nitrogens with one attached hydrogen (secondary N) is 1. The van der Waals surface area contributed by atoms with Crippen LogP contribution in [0.1, 0.15) is 12.5 Å². The molecular formula is C11H12FNO2. The monoisotopic (exact) mass is 209 g/mol. The first-order chi connectivity index (χ1) is 7.09. The minimum Gasteiger partial charge on any atom is -0.505 e. The summed E-state index contributed by atoms with van der Waals surface area (Å²) in [5, 5.41) is 11.6. The molecule has 1 aromatic carbocycles. The molecule has 4 heteroatoms. The predicted octanol–water partition coefficient (Wildman–Crippen LogP) is 1.68. The Morgan fingerprint density at radius 3 is 2.93 bits per heavy atom. The fourth-order valence-corrected chi connectivity index (χ4v) is 1.03. The predicted molar refractivity (Wildman–Crippen MR) is 55.8 cm³/mol. The standard InChI is InChI=1S/C11H12FNO2/c1-8(14)13-6-2-3-9-4-5-10(12)11(15)7-9/h2-5,7,15H,6H2,1H3,(H,13,14). The van der Waals surface area contributed by atoms with E-state index in [1.807, 2.05) is 0 Å². The Hall–Kier alpha value is -1.84. The number of halogens is 1. The van der Waals surface area contributed by atoms with E-state index in [1.165, 1.54) is 19.1 Å². The van der Waals surface area contributed by atoms with Crippen molar-refractivity contribution in [2.75, 3.05) is 6.54 Å². The summed E-state index contributed by atoms with van der Waals surface area (Å²) in [7, 11) is 0. The SMILES string of the molecule is CC(=O)NCC=Cc1ccc(F)c(O)c1. The molecule has 1 rings (SSSR count). The molecule has 0 aromatic heterocycles. The second-order valence-electron chi connectivity index (χ2n) is 3.05. The Balaban J connectivity index is 2.57. The minimum absolute atomic E-state index is 0.110. The third kappa shape index (κ3) is 3.81. The van der Waals surface area contributed by atoms with Crippen LogP contribution in [0, 0.1) is 5.82 Å². The number of amides is 1. The topological polar surface area (TPSA) is 49.3 Å². The number of hydrogen-bond acceptors (Lipinski definition) is 2. The summed E-state index contributed by atoms with van der Waals surface area (Å²) in [5.41, 5.74) is 0.680. The van der Waals surface area contributed by atoms with Gasteiger partial charge in [0, 0.05) is 13.5 Å². The van der Waals surface area contributed by atoms with Gasteiger partial charge in [0.25, 0.3) is 0 Å². The molecule has 2 N–H and O–H groups in total. The average molecular weight is 209 g/mol. The lowest BCUT2D eigenvalue weighted by atomic mass is 10.2. The molecule has 1 amide bonds. The lowest BCUT2D eigenvalue weighted by Crippen LogP contribution is -2.19. The van der Waals surface area contributed by atoms with Gasteiger partial charge >= 0.3 is 0 Å². The quantitative estimate of drug-likeness (QED) is 0.795. The van der Waals surface area contributed by atoms with Gasteiger partial charge in [0.05, 0.1) is 0 Å². The van der Waals surface area contributed by atoms with E-state index in [-0.39, 0.29) is 11.7 Å². The van der Waals surface area contributed by atoms with Crippen LogP contribution in [0.4, 0.5) is 4.39 Å². The Morgan fingerprint density at radius 2 is 2.33 bits per heavy atom. The zero-order chi connectivity index (χ0) is 11.3. The molecule has 80 valence electrons. The number of phenols is 1. The van der Waals surface area contributed by atoms with Crippen LogP contribution in [0.5, 0.6) is 5.75 Å². The summed E-state index contributed by atoms with van der Waals surface area (Å²) in [6.07, 6.45) is 3.41. The largest absolute Gasteiger partial charge is 0.505 e. The Kier molecular flexibility index (Phi) is 3.85. The van der Waals surface area contributed by atoms with Gasteiger partial charge in [0.15, 0.2) is 11.6 Å². The van der Waals surface area contributed by atoms with E-state index in [4.69, 9.17) is 5.11 Å². The van der Waals surface area contributed by atoms with Crippen LogP contribution in [0.2, 0.25) is 0 Å². The fourth-order valence-electron chi connectivity index (χ4n) is 1.03. The molecule has 0 heterocycles. The number of hydrogen-bond donors (Lipinski definition) is 2. The van der Waals surface area contributed by atoms with E-state index in [9.17, 15) is 9.18 Å². The molecule has 0 fully saturated rings. The molecule has 0 aliphatic heterocycles. The van der Waals surface area contributed by atoms with E-state index in [0.29, 0.717) is 12.1 Å². The van der Waals surface area contributed by atoms with Gasteiger partial charge in [0.2, 0.25) is 5.91 Å². The third-order valence-electron chi connectivity index (χ3n) is 1.75.